The molecule has 0 bridgehead atoms. The van der Waals surface area contributed by atoms with Crippen LogP contribution in [0.2, 0.25) is 5.02 Å². The Labute approximate surface area is 161 Å². The largest absolute Gasteiger partial charge is 0.460 e. The summed E-state index contributed by atoms with van der Waals surface area (Å²) in [6.45, 7) is 4.69. The Hall–Kier alpha value is -2.63. The molecule has 6 heteroatoms. The van der Waals surface area contributed by atoms with Gasteiger partial charge in [-0.25, -0.2) is 9.74 Å². The van der Waals surface area contributed by atoms with E-state index in [9.17, 15) is 9.32 Å². The quantitative estimate of drug-likeness (QED) is 0.580. The summed E-state index contributed by atoms with van der Waals surface area (Å²) < 4.78 is 18.0. The Morgan fingerprint density at radius 3 is 2.63 bits per heavy atom. The fourth-order valence-corrected chi connectivity index (χ4v) is 2.93. The molecule has 0 radical (unpaired) electrons. The van der Waals surface area contributed by atoms with Gasteiger partial charge in [0, 0.05) is 16.1 Å². The van der Waals surface area contributed by atoms with Crippen LogP contribution in [0, 0.1) is 6.92 Å². The zero-order valence-electron chi connectivity index (χ0n) is 15.0. The summed E-state index contributed by atoms with van der Waals surface area (Å²) in [5.41, 5.74) is 2.97. The van der Waals surface area contributed by atoms with Crippen molar-refractivity contribution in [3.8, 4) is 11.3 Å². The van der Waals surface area contributed by atoms with Crippen molar-refractivity contribution in [3.63, 3.8) is 0 Å². The van der Waals surface area contributed by atoms with E-state index in [-0.39, 0.29) is 16.6 Å². The topological polar surface area (TPSA) is 51.5 Å². The predicted molar refractivity (Wildman–Crippen MR) is 102 cm³/mol. The number of hydrogen-bond acceptors (Lipinski definition) is 4. The number of nitrogens with one attached hydrogen (secondary N) is 1. The molecule has 4 nitrogen and oxygen atoms in total. The number of carbonyl (C=O) groups excluding carboxylic acids is 1. The fourth-order valence-electron chi connectivity index (χ4n) is 2.73. The van der Waals surface area contributed by atoms with Gasteiger partial charge in [-0.3, -0.25) is 0 Å². The van der Waals surface area contributed by atoms with Gasteiger partial charge in [0.1, 0.15) is 11.5 Å². The van der Waals surface area contributed by atoms with E-state index in [1.54, 1.807) is 12.1 Å². The van der Waals surface area contributed by atoms with Gasteiger partial charge in [-0.05, 0) is 49.7 Å². The van der Waals surface area contributed by atoms with Crippen LogP contribution in [-0.2, 0) is 11.5 Å². The number of rotatable bonds is 6. The first-order valence-electron chi connectivity index (χ1n) is 8.49. The predicted octanol–water partition coefficient (Wildman–Crippen LogP) is 5.80. The highest BCUT2D eigenvalue weighted by molar-refractivity contribution is 6.33. The molecule has 1 unspecified atom stereocenters. The van der Waals surface area contributed by atoms with Gasteiger partial charge in [0.2, 0.25) is 0 Å². The third-order valence-corrected chi connectivity index (χ3v) is 4.69. The average Bonchev–Trinajstić information content (AvgIpc) is 3.15. The summed E-state index contributed by atoms with van der Waals surface area (Å²) in [6.07, 6.45) is 0. The summed E-state index contributed by atoms with van der Waals surface area (Å²) >= 11 is 5.91. The zero-order valence-corrected chi connectivity index (χ0v) is 15.7. The summed E-state index contributed by atoms with van der Waals surface area (Å²) in [6, 6.07) is 16.8. The number of aryl methyl sites for hydroxylation is 1. The molecule has 1 aromatic heterocycles. The van der Waals surface area contributed by atoms with Gasteiger partial charge in [-0.15, -0.1) is 0 Å². The molecule has 140 valence electrons. The first-order chi connectivity index (χ1) is 13.0. The van der Waals surface area contributed by atoms with Gasteiger partial charge in [-0.1, -0.05) is 41.4 Å². The smallest absolute Gasteiger partial charge is 0.381 e. The molecule has 0 saturated carbocycles. The summed E-state index contributed by atoms with van der Waals surface area (Å²) in [7, 11) is 0. The van der Waals surface area contributed by atoms with Crippen LogP contribution in [0.1, 0.15) is 40.2 Å². The maximum atomic E-state index is 12.2. The number of benzene rings is 2. The van der Waals surface area contributed by atoms with Crippen molar-refractivity contribution < 1.29 is 18.7 Å². The Morgan fingerprint density at radius 1 is 1.19 bits per heavy atom. The van der Waals surface area contributed by atoms with E-state index in [1.165, 1.54) is 23.3 Å². The highest BCUT2D eigenvalue weighted by atomic mass is 35.5. The van der Waals surface area contributed by atoms with Gasteiger partial charge in [0.05, 0.1) is 17.1 Å². The molecule has 1 heterocycles. The lowest BCUT2D eigenvalue weighted by molar-refractivity contribution is -0.0787. The minimum absolute atomic E-state index is 0.0549. The lowest BCUT2D eigenvalue weighted by Gasteiger charge is -2.13. The van der Waals surface area contributed by atoms with Gasteiger partial charge in [0.15, 0.2) is 0 Å². The van der Waals surface area contributed by atoms with Crippen molar-refractivity contribution in [2.24, 2.45) is 0 Å². The Morgan fingerprint density at radius 2 is 1.93 bits per heavy atom. The van der Waals surface area contributed by atoms with Crippen molar-refractivity contribution in [2.45, 2.75) is 26.4 Å². The third kappa shape index (κ3) is 4.56. The molecule has 0 aliphatic carbocycles. The average molecular weight is 388 g/mol. The van der Waals surface area contributed by atoms with Crippen LogP contribution in [0.3, 0.4) is 0 Å². The Balaban J connectivity index is 1.70. The molecule has 0 fully saturated rings. The van der Waals surface area contributed by atoms with Crippen LogP contribution < -0.4 is 5.32 Å². The molecule has 27 heavy (non-hydrogen) atoms. The van der Waals surface area contributed by atoms with Gasteiger partial charge in [-0.2, -0.15) is 0 Å². The van der Waals surface area contributed by atoms with E-state index in [0.717, 1.165) is 5.76 Å². The molecule has 0 saturated heterocycles. The molecule has 0 aliphatic heterocycles. The molecule has 2 aromatic carbocycles. The molecule has 3 rings (SSSR count). The van der Waals surface area contributed by atoms with Crippen LogP contribution in [0.4, 0.5) is 4.53 Å². The van der Waals surface area contributed by atoms with Crippen molar-refractivity contribution in [1.29, 1.82) is 0 Å². The van der Waals surface area contributed by atoms with Gasteiger partial charge >= 0.3 is 5.97 Å². The number of hydrogen-bond donors (Lipinski definition) is 1. The van der Waals surface area contributed by atoms with Crippen LogP contribution in [0.5, 0.6) is 0 Å². The zero-order chi connectivity index (χ0) is 19.4. The first-order valence-corrected chi connectivity index (χ1v) is 8.87. The van der Waals surface area contributed by atoms with Crippen molar-refractivity contribution in [1.82, 2.24) is 5.32 Å². The van der Waals surface area contributed by atoms with E-state index >= 15 is 0 Å². The van der Waals surface area contributed by atoms with E-state index in [2.05, 4.69) is 48.4 Å². The summed E-state index contributed by atoms with van der Waals surface area (Å²) in [5.74, 6) is 0.162. The van der Waals surface area contributed by atoms with E-state index in [0.29, 0.717) is 17.9 Å². The van der Waals surface area contributed by atoms with Crippen molar-refractivity contribution in [2.75, 3.05) is 0 Å². The van der Waals surface area contributed by atoms with Gasteiger partial charge < -0.3 is 9.73 Å². The third-order valence-electron chi connectivity index (χ3n) is 4.36. The van der Waals surface area contributed by atoms with E-state index in [4.69, 9.17) is 16.0 Å². The second-order valence-electron chi connectivity index (χ2n) is 6.34. The van der Waals surface area contributed by atoms with Crippen molar-refractivity contribution >= 4 is 17.6 Å². The molecular formula is C21H19ClFNO3. The maximum absolute atomic E-state index is 12.2. The SMILES string of the molecule is Cc1ccc(C(C)NCc2ccc(-c3ccc(Cl)c(C(=O)OF)c3)o2)cc1. The van der Waals surface area contributed by atoms with Crippen LogP contribution in [-0.4, -0.2) is 5.97 Å². The Bertz CT molecular complexity index is 937. The second kappa shape index (κ2) is 8.37. The standard InChI is InChI=1S/C21H19ClFNO3/c1-13-3-5-15(6-4-13)14(2)24-12-17-8-10-20(26-17)16-7-9-19(22)18(11-16)21(25)27-23/h3-11,14,24H,12H2,1-2H3. The lowest BCUT2D eigenvalue weighted by atomic mass is 10.1. The molecule has 0 amide bonds. The van der Waals surface area contributed by atoms with Crippen LogP contribution in [0.25, 0.3) is 11.3 Å². The van der Waals surface area contributed by atoms with Crippen LogP contribution >= 0.6 is 11.6 Å². The monoisotopic (exact) mass is 387 g/mol. The lowest BCUT2D eigenvalue weighted by Crippen LogP contribution is -2.17. The number of carbonyl (C=O) groups is 1. The highest BCUT2D eigenvalue weighted by Crippen LogP contribution is 2.27. The first kappa shape index (κ1) is 19.1. The molecule has 0 aliphatic rings. The van der Waals surface area contributed by atoms with Crippen LogP contribution in [0.15, 0.2) is 59.0 Å². The summed E-state index contributed by atoms with van der Waals surface area (Å²) in [5, 5.41) is 3.52. The molecular weight excluding hydrogens is 369 g/mol. The maximum Gasteiger partial charge on any atom is 0.381 e. The highest BCUT2D eigenvalue weighted by Gasteiger charge is 2.15. The normalized spacial score (nSPS) is 12.0. The minimum Gasteiger partial charge on any atom is -0.460 e. The molecule has 3 aromatic rings. The Kier molecular flexibility index (Phi) is 5.94. The molecule has 1 N–H and O–H groups in total. The molecule has 0 spiro atoms. The van der Waals surface area contributed by atoms with Crippen molar-refractivity contribution in [3.05, 3.63) is 82.1 Å². The van der Waals surface area contributed by atoms with E-state index < -0.39 is 5.97 Å². The number of furan rings is 1. The fraction of sp³-hybridized carbons (Fsp3) is 0.190. The second-order valence-corrected chi connectivity index (χ2v) is 6.75. The summed E-state index contributed by atoms with van der Waals surface area (Å²) in [4.78, 5) is 14.7. The number of halogens is 2. The van der Waals surface area contributed by atoms with E-state index in [1.807, 2.05) is 6.07 Å². The molecule has 1 atom stereocenters. The van der Waals surface area contributed by atoms with Gasteiger partial charge in [0.25, 0.3) is 0 Å². The minimum atomic E-state index is -1.14.